The topological polar surface area (TPSA) is 67.2 Å². The second-order valence-electron chi connectivity index (χ2n) is 6.32. The number of anilines is 1. The first-order chi connectivity index (χ1) is 13.1. The Balaban J connectivity index is 1.51. The van der Waals surface area contributed by atoms with E-state index in [9.17, 15) is 9.59 Å². The molecule has 0 bridgehead atoms. The van der Waals surface area contributed by atoms with Crippen LogP contribution in [0.15, 0.2) is 60.8 Å². The van der Waals surface area contributed by atoms with Crippen molar-refractivity contribution in [3.05, 3.63) is 82.9 Å². The summed E-state index contributed by atoms with van der Waals surface area (Å²) in [4.78, 5) is 31.2. The summed E-state index contributed by atoms with van der Waals surface area (Å²) in [5.41, 5.74) is 1.85. The Morgan fingerprint density at radius 2 is 1.93 bits per heavy atom. The summed E-state index contributed by atoms with van der Waals surface area (Å²) in [7, 11) is 0. The van der Waals surface area contributed by atoms with Gasteiger partial charge >= 0.3 is 0 Å². The number of rotatable bonds is 4. The molecule has 0 aliphatic carbocycles. The Hall–Kier alpha value is -3.12. The third kappa shape index (κ3) is 3.71. The summed E-state index contributed by atoms with van der Waals surface area (Å²) < 4.78 is 1.73. The van der Waals surface area contributed by atoms with Crippen LogP contribution >= 0.6 is 11.6 Å². The van der Waals surface area contributed by atoms with Crippen molar-refractivity contribution in [2.45, 2.75) is 13.1 Å². The number of benzene rings is 2. The molecule has 136 valence electrons. The molecular weight excluding hydrogens is 364 g/mol. The maximum atomic E-state index is 12.8. The number of fused-ring (bicyclic) bond motifs is 1. The number of hydrogen-bond acceptors (Lipinski definition) is 3. The van der Waals surface area contributed by atoms with Gasteiger partial charge in [-0.05, 0) is 23.8 Å². The molecular formula is C20H17ClN4O2. The van der Waals surface area contributed by atoms with Gasteiger partial charge < -0.3 is 14.8 Å². The quantitative estimate of drug-likeness (QED) is 0.753. The highest BCUT2D eigenvalue weighted by Gasteiger charge is 2.28. The van der Waals surface area contributed by atoms with Crippen LogP contribution in [0.1, 0.15) is 26.7 Å². The highest BCUT2D eigenvalue weighted by Crippen LogP contribution is 2.18. The molecule has 1 aliphatic rings. The molecule has 2 heterocycles. The van der Waals surface area contributed by atoms with E-state index < -0.39 is 0 Å². The fourth-order valence-corrected chi connectivity index (χ4v) is 3.24. The molecule has 2 aromatic carbocycles. The van der Waals surface area contributed by atoms with Gasteiger partial charge in [0.1, 0.15) is 5.69 Å². The third-order valence-electron chi connectivity index (χ3n) is 4.40. The molecule has 4 rings (SSSR count). The number of carbonyl (C=O) groups is 2. The van der Waals surface area contributed by atoms with Gasteiger partial charge in [-0.25, -0.2) is 4.98 Å². The highest BCUT2D eigenvalue weighted by atomic mass is 35.5. The van der Waals surface area contributed by atoms with E-state index in [-0.39, 0.29) is 23.3 Å². The van der Waals surface area contributed by atoms with Crippen molar-refractivity contribution in [2.75, 3.05) is 11.9 Å². The van der Waals surface area contributed by atoms with Gasteiger partial charge in [0.25, 0.3) is 11.8 Å². The van der Waals surface area contributed by atoms with Crippen LogP contribution in [0.4, 0.5) is 5.69 Å². The lowest BCUT2D eigenvalue weighted by atomic mass is 10.2. The normalized spacial score (nSPS) is 13.4. The predicted molar refractivity (Wildman–Crippen MR) is 103 cm³/mol. The van der Waals surface area contributed by atoms with Gasteiger partial charge in [0.2, 0.25) is 0 Å². The number of aromatic nitrogens is 2. The molecule has 0 saturated carbocycles. The largest absolute Gasteiger partial charge is 0.330 e. The Bertz CT molecular complexity index is 1000. The van der Waals surface area contributed by atoms with Gasteiger partial charge in [0, 0.05) is 36.5 Å². The molecule has 0 saturated heterocycles. The van der Waals surface area contributed by atoms with E-state index in [0.717, 1.165) is 5.56 Å². The highest BCUT2D eigenvalue weighted by molar-refractivity contribution is 6.30. The molecule has 1 N–H and O–H groups in total. The van der Waals surface area contributed by atoms with Crippen molar-refractivity contribution in [1.29, 1.82) is 0 Å². The average Bonchev–Trinajstić information content (AvgIpc) is 3.10. The molecule has 1 aromatic heterocycles. The van der Waals surface area contributed by atoms with Crippen molar-refractivity contribution in [2.24, 2.45) is 0 Å². The average molecular weight is 381 g/mol. The summed E-state index contributed by atoms with van der Waals surface area (Å²) in [6, 6.07) is 16.7. The van der Waals surface area contributed by atoms with E-state index in [4.69, 9.17) is 11.6 Å². The van der Waals surface area contributed by atoms with E-state index >= 15 is 0 Å². The van der Waals surface area contributed by atoms with Crippen LogP contribution in [-0.2, 0) is 13.1 Å². The Morgan fingerprint density at radius 1 is 1.11 bits per heavy atom. The molecule has 0 spiro atoms. The zero-order chi connectivity index (χ0) is 18.8. The van der Waals surface area contributed by atoms with Crippen molar-refractivity contribution in [1.82, 2.24) is 14.5 Å². The molecule has 0 fully saturated rings. The summed E-state index contributed by atoms with van der Waals surface area (Å²) >= 11 is 5.94. The van der Waals surface area contributed by atoms with Crippen molar-refractivity contribution >= 4 is 29.1 Å². The molecule has 3 aromatic rings. The summed E-state index contributed by atoms with van der Waals surface area (Å²) in [5, 5.41) is 3.28. The lowest BCUT2D eigenvalue weighted by Gasteiger charge is -2.27. The van der Waals surface area contributed by atoms with E-state index in [1.807, 2.05) is 30.3 Å². The Kier molecular flexibility index (Phi) is 4.64. The van der Waals surface area contributed by atoms with Crippen LogP contribution in [0, 0.1) is 0 Å². The second-order valence-corrected chi connectivity index (χ2v) is 6.76. The smallest absolute Gasteiger partial charge is 0.290 e. The molecule has 0 atom stereocenters. The van der Waals surface area contributed by atoms with Crippen LogP contribution in [0.5, 0.6) is 0 Å². The minimum atomic E-state index is -0.374. The minimum absolute atomic E-state index is 0.174. The fraction of sp³-hybridized carbons (Fsp3) is 0.150. The van der Waals surface area contributed by atoms with Crippen LogP contribution in [0.3, 0.4) is 0 Å². The molecule has 2 amide bonds. The lowest BCUT2D eigenvalue weighted by Crippen LogP contribution is -2.39. The monoisotopic (exact) mass is 380 g/mol. The molecule has 6 nitrogen and oxygen atoms in total. The first kappa shape index (κ1) is 17.3. The SMILES string of the molecule is O=C(Nc1cccc(Cl)c1)c1cn2c(n1)C(=O)N(Cc1ccccc1)CC2. The number of halogens is 1. The van der Waals surface area contributed by atoms with E-state index in [1.165, 1.54) is 0 Å². The lowest BCUT2D eigenvalue weighted by molar-refractivity contribution is 0.0683. The van der Waals surface area contributed by atoms with Crippen molar-refractivity contribution in [3.8, 4) is 0 Å². The van der Waals surface area contributed by atoms with Crippen LogP contribution in [0.25, 0.3) is 0 Å². The van der Waals surface area contributed by atoms with E-state index in [0.29, 0.717) is 30.3 Å². The van der Waals surface area contributed by atoms with Gasteiger partial charge in [-0.1, -0.05) is 48.0 Å². The molecule has 0 unspecified atom stereocenters. The van der Waals surface area contributed by atoms with Gasteiger partial charge in [-0.2, -0.15) is 0 Å². The number of imidazole rings is 1. The number of nitrogens with zero attached hydrogens (tertiary/aromatic N) is 3. The predicted octanol–water partition coefficient (Wildman–Crippen LogP) is 3.44. The van der Waals surface area contributed by atoms with Gasteiger partial charge in [0.05, 0.1) is 0 Å². The number of carbonyl (C=O) groups excluding carboxylic acids is 2. The standard InChI is InChI=1S/C20H17ClN4O2/c21-15-7-4-8-16(11-15)22-19(26)17-13-24-9-10-25(20(27)18(24)23-17)12-14-5-2-1-3-6-14/h1-8,11,13H,9-10,12H2,(H,22,26). The number of hydrogen-bond donors (Lipinski definition) is 1. The van der Waals surface area contributed by atoms with Crippen LogP contribution < -0.4 is 5.32 Å². The van der Waals surface area contributed by atoms with Crippen LogP contribution in [-0.4, -0.2) is 32.8 Å². The maximum absolute atomic E-state index is 12.8. The van der Waals surface area contributed by atoms with E-state index in [2.05, 4.69) is 10.3 Å². The summed E-state index contributed by atoms with van der Waals surface area (Å²) in [6.07, 6.45) is 1.62. The number of amides is 2. The Labute approximate surface area is 161 Å². The summed E-state index contributed by atoms with van der Waals surface area (Å²) in [6.45, 7) is 1.70. The Morgan fingerprint density at radius 3 is 2.70 bits per heavy atom. The maximum Gasteiger partial charge on any atom is 0.290 e. The zero-order valence-electron chi connectivity index (χ0n) is 14.4. The first-order valence-corrected chi connectivity index (χ1v) is 8.95. The first-order valence-electron chi connectivity index (χ1n) is 8.57. The minimum Gasteiger partial charge on any atom is -0.330 e. The third-order valence-corrected chi connectivity index (χ3v) is 4.63. The number of nitrogens with one attached hydrogen (secondary N) is 1. The zero-order valence-corrected chi connectivity index (χ0v) is 15.2. The molecule has 27 heavy (non-hydrogen) atoms. The van der Waals surface area contributed by atoms with Gasteiger partial charge in [-0.15, -0.1) is 0 Å². The second kappa shape index (κ2) is 7.25. The fourth-order valence-electron chi connectivity index (χ4n) is 3.05. The van der Waals surface area contributed by atoms with Gasteiger partial charge in [-0.3, -0.25) is 9.59 Å². The molecule has 1 aliphatic heterocycles. The van der Waals surface area contributed by atoms with Crippen molar-refractivity contribution < 1.29 is 9.59 Å². The molecule has 0 radical (unpaired) electrons. The summed E-state index contributed by atoms with van der Waals surface area (Å²) in [5.74, 6) is -0.262. The molecule has 7 heteroatoms. The van der Waals surface area contributed by atoms with E-state index in [1.54, 1.807) is 39.9 Å². The van der Waals surface area contributed by atoms with Crippen LogP contribution in [0.2, 0.25) is 5.02 Å². The van der Waals surface area contributed by atoms with Crippen molar-refractivity contribution in [3.63, 3.8) is 0 Å². The van der Waals surface area contributed by atoms with Gasteiger partial charge in [0.15, 0.2) is 5.82 Å².